The van der Waals surface area contributed by atoms with Crippen LogP contribution in [0.5, 0.6) is 5.75 Å². The van der Waals surface area contributed by atoms with E-state index in [9.17, 15) is 8.42 Å². The van der Waals surface area contributed by atoms with Crippen molar-refractivity contribution < 1.29 is 12.6 Å². The fourth-order valence-corrected chi connectivity index (χ4v) is 4.83. The number of aromatic nitrogens is 2. The van der Waals surface area contributed by atoms with Crippen molar-refractivity contribution >= 4 is 15.8 Å². The highest BCUT2D eigenvalue weighted by atomic mass is 32.2. The first kappa shape index (κ1) is 15.5. The molecule has 7 heteroatoms. The van der Waals surface area contributed by atoms with E-state index in [1.165, 1.54) is 22.0 Å². The first-order valence-electron chi connectivity index (χ1n) is 8.30. The Labute approximate surface area is 142 Å². The summed E-state index contributed by atoms with van der Waals surface area (Å²) in [4.78, 5) is 6.42. The van der Waals surface area contributed by atoms with Crippen LogP contribution in [-0.2, 0) is 30.0 Å². The van der Waals surface area contributed by atoms with Crippen LogP contribution in [0.2, 0.25) is 0 Å². The van der Waals surface area contributed by atoms with Crippen molar-refractivity contribution in [3.63, 3.8) is 0 Å². The number of nitrogens with zero attached hydrogens (tertiary/aromatic N) is 3. The van der Waals surface area contributed by atoms with Gasteiger partial charge in [0.15, 0.2) is 5.03 Å². The predicted octanol–water partition coefficient (Wildman–Crippen LogP) is 2.20. The molecule has 24 heavy (non-hydrogen) atoms. The smallest absolute Gasteiger partial charge is 0.356 e. The molecule has 0 amide bonds. The fraction of sp³-hybridized carbons (Fsp3) is 0.471. The van der Waals surface area contributed by atoms with Crippen molar-refractivity contribution in [3.8, 4) is 5.75 Å². The summed E-state index contributed by atoms with van der Waals surface area (Å²) >= 11 is 0. The summed E-state index contributed by atoms with van der Waals surface area (Å²) in [5, 5.41) is 0.0811. The minimum absolute atomic E-state index is 0.0811. The molecule has 2 aliphatic heterocycles. The number of rotatable bonds is 3. The van der Waals surface area contributed by atoms with Gasteiger partial charge >= 0.3 is 10.1 Å². The van der Waals surface area contributed by atoms with Crippen molar-refractivity contribution in [2.45, 2.75) is 37.6 Å². The summed E-state index contributed by atoms with van der Waals surface area (Å²) in [6.45, 7) is 3.84. The van der Waals surface area contributed by atoms with Crippen molar-refractivity contribution in [3.05, 3.63) is 35.3 Å². The Kier molecular flexibility index (Phi) is 3.56. The summed E-state index contributed by atoms with van der Waals surface area (Å²) in [7, 11) is -2.22. The number of hydrogen-bond donors (Lipinski definition) is 0. The minimum atomic E-state index is -3.89. The first-order chi connectivity index (χ1) is 11.5. The lowest BCUT2D eigenvalue weighted by atomic mass is 9.91. The Balaban J connectivity index is 1.76. The van der Waals surface area contributed by atoms with Crippen LogP contribution in [-0.4, -0.2) is 31.1 Å². The zero-order valence-corrected chi connectivity index (χ0v) is 14.8. The second-order valence-electron chi connectivity index (χ2n) is 6.48. The summed E-state index contributed by atoms with van der Waals surface area (Å²) in [6, 6.07) is 3.82. The second-order valence-corrected chi connectivity index (χ2v) is 7.98. The van der Waals surface area contributed by atoms with Crippen molar-refractivity contribution in [2.24, 2.45) is 7.05 Å². The Morgan fingerprint density at radius 1 is 1.17 bits per heavy atom. The molecule has 2 aromatic rings. The number of anilines is 1. The molecule has 0 bridgehead atoms. The van der Waals surface area contributed by atoms with Gasteiger partial charge in [-0.1, -0.05) is 6.07 Å². The molecule has 1 aromatic heterocycles. The summed E-state index contributed by atoms with van der Waals surface area (Å²) < 4.78 is 32.4. The third-order valence-electron chi connectivity index (χ3n) is 5.00. The second kappa shape index (κ2) is 5.51. The van der Waals surface area contributed by atoms with Gasteiger partial charge in [0, 0.05) is 31.4 Å². The monoisotopic (exact) mass is 347 g/mol. The SMILES string of the molecule is Cc1ncc(S(=O)(=O)Oc2ccc3c4c2CCCN4CCC3)n1C. The highest BCUT2D eigenvalue weighted by Crippen LogP contribution is 2.40. The lowest BCUT2D eigenvalue weighted by Gasteiger charge is -2.37. The van der Waals surface area contributed by atoms with E-state index in [-0.39, 0.29) is 5.03 Å². The van der Waals surface area contributed by atoms with Gasteiger partial charge in [-0.25, -0.2) is 4.98 Å². The predicted molar refractivity (Wildman–Crippen MR) is 91.1 cm³/mol. The van der Waals surface area contributed by atoms with E-state index in [2.05, 4.69) is 9.88 Å². The molecule has 2 aliphatic rings. The molecule has 0 aliphatic carbocycles. The van der Waals surface area contributed by atoms with Crippen LogP contribution in [0.25, 0.3) is 0 Å². The Morgan fingerprint density at radius 3 is 2.62 bits per heavy atom. The molecular formula is C17H21N3O3S. The van der Waals surface area contributed by atoms with E-state index in [1.807, 2.05) is 12.1 Å². The van der Waals surface area contributed by atoms with Crippen LogP contribution < -0.4 is 9.08 Å². The van der Waals surface area contributed by atoms with Crippen LogP contribution in [0.1, 0.15) is 29.8 Å². The number of hydrogen-bond acceptors (Lipinski definition) is 5. The van der Waals surface area contributed by atoms with E-state index < -0.39 is 10.1 Å². The maximum Gasteiger partial charge on any atom is 0.356 e. The third-order valence-corrected chi connectivity index (χ3v) is 6.29. The number of imidazole rings is 1. The molecule has 0 saturated carbocycles. The van der Waals surface area contributed by atoms with Crippen LogP contribution in [0.3, 0.4) is 0 Å². The van der Waals surface area contributed by atoms with Gasteiger partial charge in [-0.3, -0.25) is 0 Å². The zero-order valence-electron chi connectivity index (χ0n) is 13.9. The average molecular weight is 347 g/mol. The molecular weight excluding hydrogens is 326 g/mol. The molecule has 0 atom stereocenters. The van der Waals surface area contributed by atoms with Crippen LogP contribution in [0.4, 0.5) is 5.69 Å². The van der Waals surface area contributed by atoms with Crippen molar-refractivity contribution in [2.75, 3.05) is 18.0 Å². The molecule has 6 nitrogen and oxygen atoms in total. The van der Waals surface area contributed by atoms with Crippen LogP contribution in [0.15, 0.2) is 23.4 Å². The van der Waals surface area contributed by atoms with Gasteiger partial charge in [0.25, 0.3) is 0 Å². The molecule has 3 heterocycles. The third kappa shape index (κ3) is 2.38. The van der Waals surface area contributed by atoms with Gasteiger partial charge < -0.3 is 13.7 Å². The van der Waals surface area contributed by atoms with E-state index in [4.69, 9.17) is 4.18 Å². The maximum atomic E-state index is 12.7. The minimum Gasteiger partial charge on any atom is -0.378 e. The summed E-state index contributed by atoms with van der Waals surface area (Å²) in [5.41, 5.74) is 3.53. The Hall–Kier alpha value is -2.02. The molecule has 0 saturated heterocycles. The standard InChI is InChI=1S/C17H21N3O3S/c1-12-18-11-16(19(12)2)24(21,22)23-15-8-7-13-5-3-9-20-10-4-6-14(15)17(13)20/h7-8,11H,3-6,9-10H2,1-2H3. The molecule has 0 N–H and O–H groups in total. The highest BCUT2D eigenvalue weighted by molar-refractivity contribution is 7.87. The van der Waals surface area contributed by atoms with Gasteiger partial charge in [0.1, 0.15) is 11.6 Å². The van der Waals surface area contributed by atoms with Gasteiger partial charge in [-0.05, 0) is 44.2 Å². The fourth-order valence-electron chi connectivity index (χ4n) is 3.70. The van der Waals surface area contributed by atoms with E-state index in [1.54, 1.807) is 14.0 Å². The van der Waals surface area contributed by atoms with Crippen molar-refractivity contribution in [1.82, 2.24) is 9.55 Å². The average Bonchev–Trinajstić information content (AvgIpc) is 2.90. The van der Waals surface area contributed by atoms with Crippen LogP contribution >= 0.6 is 0 Å². The number of benzene rings is 1. The van der Waals surface area contributed by atoms with E-state index in [0.29, 0.717) is 11.6 Å². The van der Waals surface area contributed by atoms with Gasteiger partial charge in [0.2, 0.25) is 0 Å². The van der Waals surface area contributed by atoms with E-state index in [0.717, 1.165) is 44.3 Å². The highest BCUT2D eigenvalue weighted by Gasteiger charge is 2.29. The summed E-state index contributed by atoms with van der Waals surface area (Å²) in [6.07, 6.45) is 5.43. The lowest BCUT2D eigenvalue weighted by Crippen LogP contribution is -2.34. The molecule has 0 fully saturated rings. The Bertz CT molecular complexity index is 900. The quantitative estimate of drug-likeness (QED) is 0.797. The van der Waals surface area contributed by atoms with Crippen molar-refractivity contribution in [1.29, 1.82) is 0 Å². The molecule has 0 radical (unpaired) electrons. The van der Waals surface area contributed by atoms with Gasteiger partial charge in [0.05, 0.1) is 6.20 Å². The van der Waals surface area contributed by atoms with E-state index >= 15 is 0 Å². The lowest BCUT2D eigenvalue weighted by molar-refractivity contribution is 0.471. The largest absolute Gasteiger partial charge is 0.378 e. The molecule has 0 unspecified atom stereocenters. The molecule has 1 aromatic carbocycles. The molecule has 0 spiro atoms. The Morgan fingerprint density at radius 2 is 1.92 bits per heavy atom. The van der Waals surface area contributed by atoms with Crippen LogP contribution in [0, 0.1) is 6.92 Å². The van der Waals surface area contributed by atoms with Gasteiger partial charge in [-0.15, -0.1) is 0 Å². The maximum absolute atomic E-state index is 12.7. The molecule has 128 valence electrons. The summed E-state index contributed by atoms with van der Waals surface area (Å²) in [5.74, 6) is 1.09. The topological polar surface area (TPSA) is 64.4 Å². The molecule has 4 rings (SSSR count). The normalized spacial score (nSPS) is 16.8. The number of aryl methyl sites for hydroxylation is 2. The zero-order chi connectivity index (χ0) is 16.9. The first-order valence-corrected chi connectivity index (χ1v) is 9.71. The van der Waals surface area contributed by atoms with Gasteiger partial charge in [-0.2, -0.15) is 8.42 Å².